The molecule has 0 radical (unpaired) electrons. The standard InChI is InChI=1S/C17H12Cl2N2O3/c1-24-17(23)9-2-4-13(19)15(6-9)21-16(22)12-8-20-14-5-3-10(18)7-11(12)14/h2-8,20H,1H3,(H,21,22). The van der Waals surface area contributed by atoms with E-state index in [0.717, 1.165) is 5.52 Å². The first-order chi connectivity index (χ1) is 11.5. The average Bonchev–Trinajstić information content (AvgIpc) is 2.99. The van der Waals surface area contributed by atoms with Gasteiger partial charge in [0.2, 0.25) is 0 Å². The molecule has 2 aromatic carbocycles. The van der Waals surface area contributed by atoms with E-state index < -0.39 is 5.97 Å². The lowest BCUT2D eigenvalue weighted by Gasteiger charge is -2.08. The van der Waals surface area contributed by atoms with Crippen molar-refractivity contribution in [3.63, 3.8) is 0 Å². The maximum Gasteiger partial charge on any atom is 0.337 e. The second-order valence-corrected chi connectivity index (χ2v) is 5.88. The van der Waals surface area contributed by atoms with Crippen LogP contribution in [0.5, 0.6) is 0 Å². The van der Waals surface area contributed by atoms with Crippen LogP contribution in [-0.2, 0) is 4.74 Å². The summed E-state index contributed by atoms with van der Waals surface area (Å²) in [7, 11) is 1.28. The molecule has 1 heterocycles. The first kappa shape index (κ1) is 16.4. The summed E-state index contributed by atoms with van der Waals surface area (Å²) in [5.74, 6) is -0.881. The van der Waals surface area contributed by atoms with Gasteiger partial charge in [-0.1, -0.05) is 23.2 Å². The molecule has 0 bridgehead atoms. The number of fused-ring (bicyclic) bond motifs is 1. The molecule has 0 saturated carbocycles. The first-order valence-corrected chi connectivity index (χ1v) is 7.71. The van der Waals surface area contributed by atoms with Crippen LogP contribution >= 0.6 is 23.2 Å². The van der Waals surface area contributed by atoms with Crippen LogP contribution in [0.15, 0.2) is 42.6 Å². The Kier molecular flexibility index (Phi) is 4.46. The van der Waals surface area contributed by atoms with E-state index in [1.54, 1.807) is 24.4 Å². The molecule has 0 spiro atoms. The van der Waals surface area contributed by atoms with Crippen LogP contribution in [0.25, 0.3) is 10.9 Å². The van der Waals surface area contributed by atoms with Gasteiger partial charge in [0.15, 0.2) is 0 Å². The summed E-state index contributed by atoms with van der Waals surface area (Å²) in [6.45, 7) is 0. The predicted molar refractivity (Wildman–Crippen MR) is 94.1 cm³/mol. The number of benzene rings is 2. The van der Waals surface area contributed by atoms with Gasteiger partial charge in [0.1, 0.15) is 0 Å². The van der Waals surface area contributed by atoms with Crippen LogP contribution in [0.3, 0.4) is 0 Å². The number of methoxy groups -OCH3 is 1. The van der Waals surface area contributed by atoms with Crippen molar-refractivity contribution in [3.8, 4) is 0 Å². The Bertz CT molecular complexity index is 950. The van der Waals surface area contributed by atoms with E-state index in [1.165, 1.54) is 25.3 Å². The van der Waals surface area contributed by atoms with Crippen LogP contribution in [-0.4, -0.2) is 24.0 Å². The van der Waals surface area contributed by atoms with Gasteiger partial charge >= 0.3 is 5.97 Å². The number of carbonyl (C=O) groups excluding carboxylic acids is 2. The van der Waals surface area contributed by atoms with Gasteiger partial charge in [-0.25, -0.2) is 4.79 Å². The Morgan fingerprint density at radius 1 is 1.12 bits per heavy atom. The zero-order valence-corrected chi connectivity index (χ0v) is 14.0. The van der Waals surface area contributed by atoms with Crippen molar-refractivity contribution >= 4 is 51.7 Å². The van der Waals surface area contributed by atoms with E-state index in [2.05, 4.69) is 15.0 Å². The number of H-pyrrole nitrogens is 1. The van der Waals surface area contributed by atoms with E-state index in [1.807, 2.05) is 0 Å². The summed E-state index contributed by atoms with van der Waals surface area (Å²) in [4.78, 5) is 27.2. The lowest BCUT2D eigenvalue weighted by molar-refractivity contribution is 0.0600. The maximum absolute atomic E-state index is 12.6. The van der Waals surface area contributed by atoms with E-state index >= 15 is 0 Å². The summed E-state index contributed by atoms with van der Waals surface area (Å²) >= 11 is 12.1. The number of hydrogen-bond acceptors (Lipinski definition) is 3. The third kappa shape index (κ3) is 3.09. The highest BCUT2D eigenvalue weighted by Gasteiger charge is 2.15. The van der Waals surface area contributed by atoms with Gasteiger partial charge in [-0.15, -0.1) is 0 Å². The highest BCUT2D eigenvalue weighted by atomic mass is 35.5. The predicted octanol–water partition coefficient (Wildman–Crippen LogP) is 4.51. The van der Waals surface area contributed by atoms with E-state index in [4.69, 9.17) is 23.2 Å². The summed E-state index contributed by atoms with van der Waals surface area (Å²) in [5.41, 5.74) is 1.83. The average molecular weight is 363 g/mol. The van der Waals surface area contributed by atoms with E-state index in [-0.39, 0.29) is 5.91 Å². The van der Waals surface area contributed by atoms with Gasteiger partial charge in [-0.3, -0.25) is 4.79 Å². The fourth-order valence-corrected chi connectivity index (χ4v) is 2.67. The van der Waals surface area contributed by atoms with E-state index in [0.29, 0.717) is 32.2 Å². The lowest BCUT2D eigenvalue weighted by Crippen LogP contribution is -2.12. The summed E-state index contributed by atoms with van der Waals surface area (Å²) < 4.78 is 4.66. The fourth-order valence-electron chi connectivity index (χ4n) is 2.34. The molecule has 3 rings (SSSR count). The molecule has 0 aliphatic rings. The van der Waals surface area contributed by atoms with Crippen molar-refractivity contribution < 1.29 is 14.3 Å². The van der Waals surface area contributed by atoms with Crippen molar-refractivity contribution in [2.75, 3.05) is 12.4 Å². The zero-order chi connectivity index (χ0) is 17.3. The van der Waals surface area contributed by atoms with Gasteiger partial charge in [-0.05, 0) is 36.4 Å². The zero-order valence-electron chi connectivity index (χ0n) is 12.5. The third-order valence-corrected chi connectivity index (χ3v) is 4.09. The number of anilines is 1. The maximum atomic E-state index is 12.6. The Balaban J connectivity index is 1.94. The number of amides is 1. The molecule has 5 nitrogen and oxygen atoms in total. The Morgan fingerprint density at radius 2 is 1.92 bits per heavy atom. The number of aromatic amines is 1. The minimum atomic E-state index is -0.513. The lowest BCUT2D eigenvalue weighted by atomic mass is 10.1. The van der Waals surface area contributed by atoms with Gasteiger partial charge in [-0.2, -0.15) is 0 Å². The highest BCUT2D eigenvalue weighted by molar-refractivity contribution is 6.34. The molecule has 7 heteroatoms. The monoisotopic (exact) mass is 362 g/mol. The summed E-state index contributed by atoms with van der Waals surface area (Å²) in [5, 5.41) is 4.24. The highest BCUT2D eigenvalue weighted by Crippen LogP contribution is 2.26. The molecule has 2 N–H and O–H groups in total. The third-order valence-electron chi connectivity index (χ3n) is 3.52. The number of ether oxygens (including phenoxy) is 1. The second-order valence-electron chi connectivity index (χ2n) is 5.03. The van der Waals surface area contributed by atoms with Gasteiger partial charge in [0.25, 0.3) is 5.91 Å². The summed E-state index contributed by atoms with van der Waals surface area (Å²) in [6, 6.07) is 9.74. The molecule has 0 aliphatic heterocycles. The number of rotatable bonds is 3. The van der Waals surface area contributed by atoms with Gasteiger partial charge in [0, 0.05) is 22.1 Å². The molecule has 0 saturated heterocycles. The molecule has 0 atom stereocenters. The molecule has 3 aromatic rings. The Hall–Kier alpha value is -2.50. The Labute approximate surface area is 147 Å². The molecule has 122 valence electrons. The molecule has 0 fully saturated rings. The number of carbonyl (C=O) groups is 2. The van der Waals surface area contributed by atoms with Crippen molar-refractivity contribution in [1.82, 2.24) is 4.98 Å². The second kappa shape index (κ2) is 6.55. The minimum Gasteiger partial charge on any atom is -0.465 e. The van der Waals surface area contributed by atoms with Crippen molar-refractivity contribution in [2.45, 2.75) is 0 Å². The summed E-state index contributed by atoms with van der Waals surface area (Å²) in [6.07, 6.45) is 1.59. The van der Waals surface area contributed by atoms with Crippen LogP contribution in [0.1, 0.15) is 20.7 Å². The number of aromatic nitrogens is 1. The van der Waals surface area contributed by atoms with Gasteiger partial charge in [0.05, 0.1) is 28.9 Å². The van der Waals surface area contributed by atoms with E-state index in [9.17, 15) is 9.59 Å². The molecule has 1 aromatic heterocycles. The molecule has 24 heavy (non-hydrogen) atoms. The smallest absolute Gasteiger partial charge is 0.337 e. The number of esters is 1. The first-order valence-electron chi connectivity index (χ1n) is 6.95. The SMILES string of the molecule is COC(=O)c1ccc(Cl)c(NC(=O)c2c[nH]c3ccc(Cl)cc23)c1. The molecule has 0 unspecified atom stereocenters. The fraction of sp³-hybridized carbons (Fsp3) is 0.0588. The molecular weight excluding hydrogens is 351 g/mol. The number of nitrogens with one attached hydrogen (secondary N) is 2. The largest absolute Gasteiger partial charge is 0.465 e. The van der Waals surface area contributed by atoms with Crippen LogP contribution in [0.4, 0.5) is 5.69 Å². The number of halogens is 2. The van der Waals surface area contributed by atoms with Crippen molar-refractivity contribution in [3.05, 3.63) is 63.8 Å². The minimum absolute atomic E-state index is 0.291. The normalized spacial score (nSPS) is 10.6. The topological polar surface area (TPSA) is 71.2 Å². The number of hydrogen-bond donors (Lipinski definition) is 2. The quantitative estimate of drug-likeness (QED) is 0.673. The van der Waals surface area contributed by atoms with Crippen LogP contribution in [0.2, 0.25) is 10.0 Å². The molecule has 1 amide bonds. The van der Waals surface area contributed by atoms with Crippen molar-refractivity contribution in [1.29, 1.82) is 0 Å². The van der Waals surface area contributed by atoms with Gasteiger partial charge < -0.3 is 15.0 Å². The molecular formula is C17H12Cl2N2O3. The Morgan fingerprint density at radius 3 is 2.67 bits per heavy atom. The van der Waals surface area contributed by atoms with Crippen LogP contribution in [0, 0.1) is 0 Å². The molecule has 0 aliphatic carbocycles. The van der Waals surface area contributed by atoms with Crippen LogP contribution < -0.4 is 5.32 Å². The van der Waals surface area contributed by atoms with Crippen molar-refractivity contribution in [2.24, 2.45) is 0 Å².